The Bertz CT molecular complexity index is 1040. The highest BCUT2D eigenvalue weighted by molar-refractivity contribution is 7.99. The molecule has 2 aliphatic rings. The molecule has 0 unspecified atom stereocenters. The van der Waals surface area contributed by atoms with Crippen molar-refractivity contribution in [3.63, 3.8) is 0 Å². The van der Waals surface area contributed by atoms with Crippen molar-refractivity contribution in [2.75, 3.05) is 36.0 Å². The first-order valence-corrected chi connectivity index (χ1v) is 12.5. The lowest BCUT2D eigenvalue weighted by atomic mass is 10.2. The average Bonchev–Trinajstić information content (AvgIpc) is 3.43. The summed E-state index contributed by atoms with van der Waals surface area (Å²) in [4.78, 5) is 29.1. The molecular formula is C20H24N4O4S2. The molecule has 2 amide bonds. The van der Waals surface area contributed by atoms with E-state index in [1.807, 2.05) is 24.3 Å². The molecule has 0 atom stereocenters. The molecule has 2 aromatic rings. The average molecular weight is 449 g/mol. The van der Waals surface area contributed by atoms with Crippen LogP contribution in [0.25, 0.3) is 0 Å². The van der Waals surface area contributed by atoms with Crippen molar-refractivity contribution < 1.29 is 18.0 Å². The van der Waals surface area contributed by atoms with E-state index in [9.17, 15) is 18.0 Å². The topological polar surface area (TPSA) is 103 Å². The van der Waals surface area contributed by atoms with Crippen molar-refractivity contribution in [2.45, 2.75) is 24.3 Å². The van der Waals surface area contributed by atoms with Gasteiger partial charge in [0.1, 0.15) is 10.6 Å². The van der Waals surface area contributed by atoms with E-state index in [1.54, 1.807) is 16.7 Å². The van der Waals surface area contributed by atoms with Crippen molar-refractivity contribution in [3.05, 3.63) is 47.8 Å². The number of carbonyl (C=O) groups excluding carboxylic acids is 2. The number of hydrogen-bond acceptors (Lipinski definition) is 5. The first kappa shape index (κ1) is 21.0. The third-order valence-corrected chi connectivity index (χ3v) is 8.08. The van der Waals surface area contributed by atoms with Gasteiger partial charge in [-0.1, -0.05) is 12.1 Å². The van der Waals surface area contributed by atoms with Gasteiger partial charge in [0.15, 0.2) is 0 Å². The van der Waals surface area contributed by atoms with E-state index in [1.165, 1.54) is 16.6 Å². The van der Waals surface area contributed by atoms with Crippen LogP contribution in [-0.2, 0) is 21.4 Å². The number of sulfonamides is 1. The fraction of sp³-hybridized carbons (Fsp3) is 0.400. The molecule has 0 aliphatic carbocycles. The van der Waals surface area contributed by atoms with Gasteiger partial charge in [0.05, 0.1) is 0 Å². The Hall–Kier alpha value is -2.30. The van der Waals surface area contributed by atoms with Gasteiger partial charge in [0.25, 0.3) is 5.91 Å². The number of rotatable bonds is 6. The number of nitrogens with zero attached hydrogens (tertiary/aromatic N) is 2. The van der Waals surface area contributed by atoms with Crippen LogP contribution in [0.3, 0.4) is 0 Å². The Morgan fingerprint density at radius 3 is 2.70 bits per heavy atom. The molecule has 1 aromatic heterocycles. The van der Waals surface area contributed by atoms with Crippen molar-refractivity contribution in [1.82, 2.24) is 14.6 Å². The minimum absolute atomic E-state index is 0.106. The summed E-state index contributed by atoms with van der Waals surface area (Å²) in [6.45, 7) is 1.95. The predicted octanol–water partition coefficient (Wildman–Crippen LogP) is 1.81. The van der Waals surface area contributed by atoms with Gasteiger partial charge >= 0.3 is 0 Å². The summed E-state index contributed by atoms with van der Waals surface area (Å²) in [6.07, 6.45) is 2.79. The molecule has 0 radical (unpaired) electrons. The van der Waals surface area contributed by atoms with Crippen LogP contribution in [0.1, 0.15) is 28.9 Å². The third-order valence-electron chi connectivity index (χ3n) is 5.26. The smallest absolute Gasteiger partial charge is 0.268 e. The van der Waals surface area contributed by atoms with Gasteiger partial charge in [0.2, 0.25) is 15.9 Å². The highest BCUT2D eigenvalue weighted by atomic mass is 32.2. The highest BCUT2D eigenvalue weighted by Gasteiger charge is 2.28. The summed E-state index contributed by atoms with van der Waals surface area (Å²) in [7, 11) is -3.59. The minimum atomic E-state index is -3.59. The van der Waals surface area contributed by atoms with Gasteiger partial charge < -0.3 is 15.2 Å². The Morgan fingerprint density at radius 1 is 1.17 bits per heavy atom. The van der Waals surface area contributed by atoms with E-state index in [4.69, 9.17) is 0 Å². The zero-order valence-corrected chi connectivity index (χ0v) is 18.1. The molecule has 0 spiro atoms. The van der Waals surface area contributed by atoms with E-state index >= 15 is 0 Å². The molecule has 2 saturated heterocycles. The number of thioether (sulfide) groups is 1. The molecule has 2 N–H and O–H groups in total. The standard InChI is InChI=1S/C20H24N4O4S2/c25-19-5-2-6-24(19)16-4-1-3-15(11-16)13-22-20(26)18-12-17(14-21-18)30(27,28)23-7-9-29-10-8-23/h1,3-4,11-12,14,21H,2,5-10,13H2,(H,22,26). The van der Waals surface area contributed by atoms with Crippen LogP contribution < -0.4 is 10.2 Å². The van der Waals surface area contributed by atoms with E-state index in [0.717, 1.165) is 29.2 Å². The van der Waals surface area contributed by atoms with Gasteiger partial charge in [0, 0.05) is 56.0 Å². The second-order valence-electron chi connectivity index (χ2n) is 7.27. The van der Waals surface area contributed by atoms with Crippen molar-refractivity contribution in [1.29, 1.82) is 0 Å². The fourth-order valence-electron chi connectivity index (χ4n) is 3.62. The molecule has 2 fully saturated rings. The lowest BCUT2D eigenvalue weighted by Crippen LogP contribution is -2.37. The first-order valence-electron chi connectivity index (χ1n) is 9.89. The number of benzene rings is 1. The summed E-state index contributed by atoms with van der Waals surface area (Å²) in [5.74, 6) is 1.29. The Kier molecular flexibility index (Phi) is 6.16. The van der Waals surface area contributed by atoms with Gasteiger partial charge in [-0.15, -0.1) is 0 Å². The number of aromatic nitrogens is 1. The van der Waals surface area contributed by atoms with Crippen LogP contribution in [0.4, 0.5) is 5.69 Å². The summed E-state index contributed by atoms with van der Waals surface area (Å²) in [5.41, 5.74) is 1.90. The largest absolute Gasteiger partial charge is 0.356 e. The molecule has 3 heterocycles. The zero-order chi connectivity index (χ0) is 21.1. The van der Waals surface area contributed by atoms with Crippen LogP contribution >= 0.6 is 11.8 Å². The second kappa shape index (κ2) is 8.83. The molecule has 0 saturated carbocycles. The summed E-state index contributed by atoms with van der Waals surface area (Å²) in [6, 6.07) is 8.89. The molecular weight excluding hydrogens is 424 g/mol. The predicted molar refractivity (Wildman–Crippen MR) is 116 cm³/mol. The molecule has 8 nitrogen and oxygen atoms in total. The van der Waals surface area contributed by atoms with Crippen LogP contribution in [0.15, 0.2) is 41.4 Å². The number of H-pyrrole nitrogens is 1. The van der Waals surface area contributed by atoms with E-state index < -0.39 is 10.0 Å². The molecule has 1 aromatic carbocycles. The quantitative estimate of drug-likeness (QED) is 0.702. The second-order valence-corrected chi connectivity index (χ2v) is 10.4. The number of anilines is 1. The van der Waals surface area contributed by atoms with E-state index in [2.05, 4.69) is 10.3 Å². The highest BCUT2D eigenvalue weighted by Crippen LogP contribution is 2.23. The summed E-state index contributed by atoms with van der Waals surface area (Å²) >= 11 is 1.73. The number of carbonyl (C=O) groups is 2. The summed E-state index contributed by atoms with van der Waals surface area (Å²) in [5, 5.41) is 2.80. The van der Waals surface area contributed by atoms with E-state index in [-0.39, 0.29) is 28.9 Å². The minimum Gasteiger partial charge on any atom is -0.356 e. The maximum Gasteiger partial charge on any atom is 0.268 e. The van der Waals surface area contributed by atoms with Crippen molar-refractivity contribution in [2.24, 2.45) is 0 Å². The lowest BCUT2D eigenvalue weighted by Gasteiger charge is -2.24. The molecule has 4 rings (SSSR count). The lowest BCUT2D eigenvalue weighted by molar-refractivity contribution is -0.117. The maximum absolute atomic E-state index is 12.7. The Labute approximate surface area is 180 Å². The van der Waals surface area contributed by atoms with Crippen LogP contribution in [0.5, 0.6) is 0 Å². The van der Waals surface area contributed by atoms with Gasteiger partial charge in [-0.05, 0) is 30.2 Å². The first-order chi connectivity index (χ1) is 14.4. The molecule has 2 aliphatic heterocycles. The van der Waals surface area contributed by atoms with Gasteiger partial charge in [-0.3, -0.25) is 9.59 Å². The Balaban J connectivity index is 1.40. The fourth-order valence-corrected chi connectivity index (χ4v) is 6.19. The van der Waals surface area contributed by atoms with Crippen LogP contribution in [-0.4, -0.2) is 60.7 Å². The number of amides is 2. The van der Waals surface area contributed by atoms with E-state index in [0.29, 0.717) is 26.1 Å². The Morgan fingerprint density at radius 2 is 1.97 bits per heavy atom. The molecule has 30 heavy (non-hydrogen) atoms. The van der Waals surface area contributed by atoms with Crippen molar-refractivity contribution in [3.8, 4) is 0 Å². The SMILES string of the molecule is O=C(NCc1cccc(N2CCCC2=O)c1)c1cc(S(=O)(=O)N2CCSCC2)c[nH]1. The molecule has 160 valence electrons. The zero-order valence-electron chi connectivity index (χ0n) is 16.5. The summed E-state index contributed by atoms with van der Waals surface area (Å²) < 4.78 is 26.9. The number of hydrogen-bond donors (Lipinski definition) is 2. The third kappa shape index (κ3) is 4.40. The van der Waals surface area contributed by atoms with Crippen LogP contribution in [0.2, 0.25) is 0 Å². The van der Waals surface area contributed by atoms with Gasteiger partial charge in [-0.2, -0.15) is 16.1 Å². The van der Waals surface area contributed by atoms with Crippen molar-refractivity contribution >= 4 is 39.3 Å². The molecule has 10 heteroatoms. The molecule has 0 bridgehead atoms. The number of nitrogens with one attached hydrogen (secondary N) is 2. The van der Waals surface area contributed by atoms with Gasteiger partial charge in [-0.25, -0.2) is 8.42 Å². The van der Waals surface area contributed by atoms with Crippen LogP contribution in [0, 0.1) is 0 Å². The normalized spacial score (nSPS) is 18.0. The number of aromatic amines is 1. The monoisotopic (exact) mass is 448 g/mol. The maximum atomic E-state index is 12.7.